The largest absolute Gasteiger partial charge is 0.493 e. The van der Waals surface area contributed by atoms with E-state index in [1.54, 1.807) is 0 Å². The van der Waals surface area contributed by atoms with Crippen molar-refractivity contribution in [2.75, 3.05) is 13.2 Å². The fourth-order valence-corrected chi connectivity index (χ4v) is 2.41. The van der Waals surface area contributed by atoms with E-state index in [0.29, 0.717) is 6.42 Å². The summed E-state index contributed by atoms with van der Waals surface area (Å²) in [5.74, 6) is 0.575. The second kappa shape index (κ2) is 10.0. The van der Waals surface area contributed by atoms with Crippen LogP contribution in [-0.2, 0) is 0 Å². The third-order valence-corrected chi connectivity index (χ3v) is 3.82. The van der Waals surface area contributed by atoms with Crippen molar-refractivity contribution in [3.05, 3.63) is 59.7 Å². The average Bonchev–Trinajstić information content (AvgIpc) is 2.69. The van der Waals surface area contributed by atoms with Gasteiger partial charge in [-0.15, -0.1) is 0 Å². The van der Waals surface area contributed by atoms with Crippen molar-refractivity contribution in [2.24, 2.45) is 10.3 Å². The molecule has 0 fully saturated rings. The molecule has 0 saturated carbocycles. The van der Waals surface area contributed by atoms with Crippen molar-refractivity contribution < 1.29 is 46.2 Å². The molecule has 2 rings (SSSR count). The average molecular weight is 450 g/mol. The van der Waals surface area contributed by atoms with Crippen molar-refractivity contribution in [2.45, 2.75) is 18.8 Å². The van der Waals surface area contributed by atoms with Crippen LogP contribution in [0.5, 0.6) is 11.5 Å². The number of ether oxygens (including phenoxy) is 2. The van der Waals surface area contributed by atoms with Gasteiger partial charge >= 0.3 is 12.4 Å². The van der Waals surface area contributed by atoms with Gasteiger partial charge < -0.3 is 19.9 Å². The zero-order valence-electron chi connectivity index (χ0n) is 15.6. The first-order chi connectivity index (χ1) is 14.6. The van der Waals surface area contributed by atoms with Crippen LogP contribution in [0.1, 0.15) is 17.5 Å². The van der Waals surface area contributed by atoms with E-state index in [1.807, 2.05) is 0 Å². The molecule has 2 aromatic rings. The zero-order valence-corrected chi connectivity index (χ0v) is 15.6. The number of benzene rings is 2. The van der Waals surface area contributed by atoms with Gasteiger partial charge in [-0.05, 0) is 48.5 Å². The molecule has 0 aliphatic carbocycles. The van der Waals surface area contributed by atoms with Crippen LogP contribution in [-0.4, -0.2) is 47.4 Å². The lowest BCUT2D eigenvalue weighted by Gasteiger charge is -2.11. The topological polar surface area (TPSA) is 83.6 Å². The Kier molecular flexibility index (Phi) is 7.72. The summed E-state index contributed by atoms with van der Waals surface area (Å²) < 4.78 is 86.7. The highest BCUT2D eigenvalue weighted by Gasteiger charge is 2.38. The molecule has 0 amide bonds. The summed E-state index contributed by atoms with van der Waals surface area (Å²) in [5, 5.41) is 21.6. The molecule has 0 spiro atoms. The number of hydrogen-bond acceptors (Lipinski definition) is 6. The first kappa shape index (κ1) is 23.8. The molecule has 0 unspecified atom stereocenters. The van der Waals surface area contributed by atoms with Gasteiger partial charge in [0.2, 0.25) is 0 Å². The lowest BCUT2D eigenvalue weighted by molar-refractivity contribution is -0.0610. The van der Waals surface area contributed by atoms with Crippen LogP contribution in [0, 0.1) is 0 Å². The first-order valence-electron chi connectivity index (χ1n) is 8.61. The third-order valence-electron chi connectivity index (χ3n) is 3.82. The quantitative estimate of drug-likeness (QED) is 0.195. The molecule has 0 aromatic heterocycles. The van der Waals surface area contributed by atoms with Gasteiger partial charge in [-0.3, -0.25) is 0 Å². The summed E-state index contributed by atoms with van der Waals surface area (Å²) in [4.78, 5) is 0. The Morgan fingerprint density at radius 3 is 1.23 bits per heavy atom. The maximum absolute atomic E-state index is 12.7. The normalized spacial score (nSPS) is 13.2. The molecular weight excluding hydrogens is 434 g/mol. The molecule has 0 atom stereocenters. The molecule has 0 heterocycles. The van der Waals surface area contributed by atoms with Gasteiger partial charge in [0, 0.05) is 17.5 Å². The van der Waals surface area contributed by atoms with E-state index < -0.39 is 23.8 Å². The molecule has 0 bridgehead atoms. The van der Waals surface area contributed by atoms with Crippen LogP contribution < -0.4 is 9.47 Å². The number of rotatable bonds is 8. The van der Waals surface area contributed by atoms with Gasteiger partial charge in [-0.1, -0.05) is 10.3 Å². The lowest BCUT2D eigenvalue weighted by Crippen LogP contribution is -2.24. The van der Waals surface area contributed by atoms with Crippen LogP contribution in [0.15, 0.2) is 58.8 Å². The summed E-state index contributed by atoms with van der Waals surface area (Å²) in [6.45, 7) is 0.320. The summed E-state index contributed by atoms with van der Waals surface area (Å²) in [5.41, 5.74) is -3.50. The molecule has 2 N–H and O–H groups in total. The van der Waals surface area contributed by atoms with Crippen molar-refractivity contribution >= 4 is 11.4 Å². The highest BCUT2D eigenvalue weighted by Crippen LogP contribution is 2.25. The molecule has 31 heavy (non-hydrogen) atoms. The van der Waals surface area contributed by atoms with E-state index >= 15 is 0 Å². The van der Waals surface area contributed by atoms with Crippen molar-refractivity contribution in [1.29, 1.82) is 0 Å². The number of hydrogen-bond donors (Lipinski definition) is 2. The highest BCUT2D eigenvalue weighted by atomic mass is 19.4. The maximum atomic E-state index is 12.7. The fraction of sp³-hybridized carbons (Fsp3) is 0.263. The summed E-state index contributed by atoms with van der Waals surface area (Å²) in [6, 6.07) is 9.53. The van der Waals surface area contributed by atoms with Crippen LogP contribution in [0.4, 0.5) is 26.3 Å². The standard InChI is InChI=1S/C19H16F6N2O4/c20-18(21,22)16(26-28)12-2-6-14(7-3-12)30-10-1-11-31-15-8-4-13(5-9-15)17(27-29)19(23,24)25/h2-9,28-29H,1,10-11H2/b26-16-,27-17-. The Balaban J connectivity index is 1.80. The predicted octanol–water partition coefficient (Wildman–Crippen LogP) is 5.02. The van der Waals surface area contributed by atoms with E-state index in [9.17, 15) is 26.3 Å². The molecule has 0 saturated heterocycles. The number of nitrogens with zero attached hydrogens (tertiary/aromatic N) is 2. The summed E-state index contributed by atoms with van der Waals surface area (Å²) in [6.07, 6.45) is -9.22. The smallest absolute Gasteiger partial charge is 0.437 e. The fourth-order valence-electron chi connectivity index (χ4n) is 2.41. The van der Waals surface area contributed by atoms with E-state index in [0.717, 1.165) is 24.3 Å². The van der Waals surface area contributed by atoms with Crippen LogP contribution in [0.2, 0.25) is 0 Å². The zero-order chi connectivity index (χ0) is 23.1. The number of oxime groups is 2. The van der Waals surface area contributed by atoms with Gasteiger partial charge in [-0.25, -0.2) is 0 Å². The Morgan fingerprint density at radius 2 is 0.968 bits per heavy atom. The van der Waals surface area contributed by atoms with E-state index in [1.165, 1.54) is 24.3 Å². The van der Waals surface area contributed by atoms with Crippen molar-refractivity contribution in [3.8, 4) is 11.5 Å². The molecule has 0 aliphatic heterocycles. The van der Waals surface area contributed by atoms with Crippen molar-refractivity contribution in [3.63, 3.8) is 0 Å². The highest BCUT2D eigenvalue weighted by molar-refractivity contribution is 6.04. The Hall–Kier alpha value is -3.44. The summed E-state index contributed by atoms with van der Waals surface area (Å²) in [7, 11) is 0. The Morgan fingerprint density at radius 1 is 0.645 bits per heavy atom. The summed E-state index contributed by atoms with van der Waals surface area (Å²) >= 11 is 0. The van der Waals surface area contributed by atoms with E-state index in [2.05, 4.69) is 10.3 Å². The number of alkyl halides is 6. The van der Waals surface area contributed by atoms with Gasteiger partial charge in [0.1, 0.15) is 11.5 Å². The van der Waals surface area contributed by atoms with Gasteiger partial charge in [0.05, 0.1) is 13.2 Å². The van der Waals surface area contributed by atoms with E-state index in [4.69, 9.17) is 19.9 Å². The minimum Gasteiger partial charge on any atom is -0.493 e. The SMILES string of the molecule is O/N=C(/c1ccc(OCCCOc2ccc(/C(=N/O)C(F)(F)F)cc2)cc1)C(F)(F)F. The molecule has 12 heteroatoms. The second-order valence-electron chi connectivity index (χ2n) is 5.99. The Labute approximate surface area is 172 Å². The van der Waals surface area contributed by atoms with Crippen LogP contribution in [0.25, 0.3) is 0 Å². The first-order valence-corrected chi connectivity index (χ1v) is 8.61. The predicted molar refractivity (Wildman–Crippen MR) is 97.2 cm³/mol. The molecule has 2 aromatic carbocycles. The van der Waals surface area contributed by atoms with E-state index in [-0.39, 0.29) is 35.8 Å². The monoisotopic (exact) mass is 450 g/mol. The van der Waals surface area contributed by atoms with Gasteiger partial charge in [0.15, 0.2) is 11.4 Å². The third kappa shape index (κ3) is 6.79. The molecular formula is C19H16F6N2O4. The minimum atomic E-state index is -4.80. The number of halogens is 6. The second-order valence-corrected chi connectivity index (χ2v) is 5.99. The van der Waals surface area contributed by atoms with Gasteiger partial charge in [-0.2, -0.15) is 26.3 Å². The molecule has 0 radical (unpaired) electrons. The molecule has 0 aliphatic rings. The van der Waals surface area contributed by atoms with Crippen molar-refractivity contribution in [1.82, 2.24) is 0 Å². The Bertz CT molecular complexity index is 831. The maximum Gasteiger partial charge on any atom is 0.437 e. The molecule has 6 nitrogen and oxygen atoms in total. The van der Waals surface area contributed by atoms with Crippen LogP contribution in [0.3, 0.4) is 0 Å². The van der Waals surface area contributed by atoms with Crippen LogP contribution >= 0.6 is 0 Å². The minimum absolute atomic E-state index is 0.160. The molecule has 168 valence electrons. The lowest BCUT2D eigenvalue weighted by atomic mass is 10.1. The van der Waals surface area contributed by atoms with Gasteiger partial charge in [0.25, 0.3) is 0 Å².